The van der Waals surface area contributed by atoms with Crippen LogP contribution in [-0.4, -0.2) is 34.8 Å². The molecule has 116 valence electrons. The number of hydrogen-bond donors (Lipinski definition) is 2. The third-order valence-electron chi connectivity index (χ3n) is 3.71. The van der Waals surface area contributed by atoms with E-state index in [1.165, 1.54) is 18.5 Å². The van der Waals surface area contributed by atoms with Crippen LogP contribution < -0.4 is 15.5 Å². The predicted octanol–water partition coefficient (Wildman–Crippen LogP) is 3.04. The third kappa shape index (κ3) is 3.63. The molecule has 1 aliphatic rings. The number of nitrogens with zero attached hydrogens (tertiary/aromatic N) is 4. The standard InChI is InChI=1S/C16H22N6/c1-2-9-17-15-12-18-21-16(20-15)19-13-5-7-14(8-6-13)22-10-3-4-11-22/h5-8,12H,2-4,9-11H2,1H3,(H2,17,19,20,21). The minimum atomic E-state index is 0.509. The quantitative estimate of drug-likeness (QED) is 0.854. The van der Waals surface area contributed by atoms with Gasteiger partial charge in [0, 0.05) is 31.0 Å². The highest BCUT2D eigenvalue weighted by Gasteiger charge is 2.11. The summed E-state index contributed by atoms with van der Waals surface area (Å²) in [6.07, 6.45) is 5.26. The Hall–Kier alpha value is -2.37. The Bertz CT molecular complexity index is 592. The lowest BCUT2D eigenvalue weighted by atomic mass is 10.2. The first-order chi connectivity index (χ1) is 10.8. The Morgan fingerprint density at radius 2 is 1.91 bits per heavy atom. The van der Waals surface area contributed by atoms with Crippen molar-refractivity contribution in [1.29, 1.82) is 0 Å². The van der Waals surface area contributed by atoms with Crippen LogP contribution in [0.15, 0.2) is 30.5 Å². The van der Waals surface area contributed by atoms with Crippen LogP contribution in [0, 0.1) is 0 Å². The lowest BCUT2D eigenvalue weighted by Gasteiger charge is -2.17. The maximum atomic E-state index is 4.40. The van der Waals surface area contributed by atoms with Crippen LogP contribution in [0.5, 0.6) is 0 Å². The first kappa shape index (κ1) is 14.6. The van der Waals surface area contributed by atoms with Gasteiger partial charge in [0.25, 0.3) is 0 Å². The van der Waals surface area contributed by atoms with Crippen LogP contribution in [0.1, 0.15) is 26.2 Å². The lowest BCUT2D eigenvalue weighted by Crippen LogP contribution is -2.17. The van der Waals surface area contributed by atoms with Crippen molar-refractivity contribution >= 4 is 23.1 Å². The molecule has 0 saturated carbocycles. The van der Waals surface area contributed by atoms with Crippen molar-refractivity contribution < 1.29 is 0 Å². The van der Waals surface area contributed by atoms with Crippen molar-refractivity contribution in [2.45, 2.75) is 26.2 Å². The van der Waals surface area contributed by atoms with Gasteiger partial charge in [-0.25, -0.2) is 0 Å². The number of hydrogen-bond acceptors (Lipinski definition) is 6. The van der Waals surface area contributed by atoms with Gasteiger partial charge in [-0.3, -0.25) is 0 Å². The molecule has 0 unspecified atom stereocenters. The van der Waals surface area contributed by atoms with Gasteiger partial charge in [0.1, 0.15) is 0 Å². The maximum Gasteiger partial charge on any atom is 0.249 e. The molecule has 2 aromatic rings. The Labute approximate surface area is 131 Å². The zero-order chi connectivity index (χ0) is 15.2. The van der Waals surface area contributed by atoms with Crippen molar-refractivity contribution in [2.24, 2.45) is 0 Å². The van der Waals surface area contributed by atoms with Gasteiger partial charge < -0.3 is 15.5 Å². The molecule has 2 N–H and O–H groups in total. The minimum Gasteiger partial charge on any atom is -0.372 e. The van der Waals surface area contributed by atoms with Crippen LogP contribution in [0.3, 0.4) is 0 Å². The molecular weight excluding hydrogens is 276 g/mol. The molecule has 1 aromatic heterocycles. The molecule has 0 radical (unpaired) electrons. The van der Waals surface area contributed by atoms with Crippen molar-refractivity contribution in [3.05, 3.63) is 30.5 Å². The van der Waals surface area contributed by atoms with Crippen LogP contribution in [0.4, 0.5) is 23.1 Å². The monoisotopic (exact) mass is 298 g/mol. The highest BCUT2D eigenvalue weighted by atomic mass is 15.3. The molecule has 1 saturated heterocycles. The highest BCUT2D eigenvalue weighted by Crippen LogP contribution is 2.23. The molecule has 1 fully saturated rings. The molecule has 0 aliphatic carbocycles. The Balaban J connectivity index is 1.65. The second-order valence-corrected chi connectivity index (χ2v) is 5.46. The average molecular weight is 298 g/mol. The van der Waals surface area contributed by atoms with Gasteiger partial charge >= 0.3 is 0 Å². The predicted molar refractivity (Wildman–Crippen MR) is 89.8 cm³/mol. The second-order valence-electron chi connectivity index (χ2n) is 5.46. The van der Waals surface area contributed by atoms with Crippen LogP contribution in [-0.2, 0) is 0 Å². The van der Waals surface area contributed by atoms with Crippen molar-refractivity contribution in [1.82, 2.24) is 15.2 Å². The molecule has 0 atom stereocenters. The Kier molecular flexibility index (Phi) is 4.68. The van der Waals surface area contributed by atoms with E-state index in [0.29, 0.717) is 5.95 Å². The molecule has 0 bridgehead atoms. The van der Waals surface area contributed by atoms with E-state index in [1.54, 1.807) is 6.20 Å². The summed E-state index contributed by atoms with van der Waals surface area (Å²) in [5.41, 5.74) is 2.25. The second kappa shape index (κ2) is 7.06. The number of nitrogens with one attached hydrogen (secondary N) is 2. The van der Waals surface area contributed by atoms with E-state index in [2.05, 4.69) is 61.9 Å². The van der Waals surface area contributed by atoms with Gasteiger partial charge in [0.2, 0.25) is 5.95 Å². The summed E-state index contributed by atoms with van der Waals surface area (Å²) in [5, 5.41) is 14.4. The van der Waals surface area contributed by atoms with Crippen LogP contribution in [0.2, 0.25) is 0 Å². The third-order valence-corrected chi connectivity index (χ3v) is 3.71. The minimum absolute atomic E-state index is 0.509. The largest absolute Gasteiger partial charge is 0.372 e. The topological polar surface area (TPSA) is 66.0 Å². The molecule has 1 aromatic carbocycles. The normalized spacial score (nSPS) is 14.1. The van der Waals surface area contributed by atoms with E-state index in [0.717, 1.165) is 37.6 Å². The van der Waals surface area contributed by atoms with Crippen LogP contribution in [0.25, 0.3) is 0 Å². The summed E-state index contributed by atoms with van der Waals surface area (Å²) < 4.78 is 0. The van der Waals surface area contributed by atoms with Crippen molar-refractivity contribution in [2.75, 3.05) is 35.2 Å². The zero-order valence-electron chi connectivity index (χ0n) is 12.9. The van der Waals surface area contributed by atoms with E-state index in [-0.39, 0.29) is 0 Å². The summed E-state index contributed by atoms with van der Waals surface area (Å²) in [7, 11) is 0. The Morgan fingerprint density at radius 3 is 2.64 bits per heavy atom. The summed E-state index contributed by atoms with van der Waals surface area (Å²) in [6, 6.07) is 8.40. The maximum absolute atomic E-state index is 4.40. The lowest BCUT2D eigenvalue weighted by molar-refractivity contribution is 0.935. The molecular formula is C16H22N6. The van der Waals surface area contributed by atoms with Gasteiger partial charge in [0.15, 0.2) is 5.82 Å². The fraction of sp³-hybridized carbons (Fsp3) is 0.438. The highest BCUT2D eigenvalue weighted by molar-refractivity contribution is 5.59. The zero-order valence-corrected chi connectivity index (χ0v) is 12.9. The summed E-state index contributed by atoms with van der Waals surface area (Å²) in [5.74, 6) is 1.25. The van der Waals surface area contributed by atoms with Gasteiger partial charge in [-0.05, 0) is 43.5 Å². The molecule has 3 rings (SSSR count). The number of rotatable bonds is 6. The summed E-state index contributed by atoms with van der Waals surface area (Å²) in [6.45, 7) is 5.31. The average Bonchev–Trinajstić information content (AvgIpc) is 3.08. The van der Waals surface area contributed by atoms with Gasteiger partial charge in [-0.15, -0.1) is 5.10 Å². The first-order valence-electron chi connectivity index (χ1n) is 7.91. The molecule has 0 amide bonds. The smallest absolute Gasteiger partial charge is 0.249 e. The van der Waals surface area contributed by atoms with Gasteiger partial charge in [0.05, 0.1) is 6.20 Å². The molecule has 1 aliphatic heterocycles. The van der Waals surface area contributed by atoms with E-state index >= 15 is 0 Å². The Morgan fingerprint density at radius 1 is 1.14 bits per heavy atom. The number of aromatic nitrogens is 3. The first-order valence-corrected chi connectivity index (χ1v) is 7.91. The van der Waals surface area contributed by atoms with Gasteiger partial charge in [-0.2, -0.15) is 10.1 Å². The summed E-state index contributed by atoms with van der Waals surface area (Å²) in [4.78, 5) is 6.81. The van der Waals surface area contributed by atoms with E-state index in [9.17, 15) is 0 Å². The fourth-order valence-electron chi connectivity index (χ4n) is 2.55. The number of anilines is 4. The molecule has 0 spiro atoms. The van der Waals surface area contributed by atoms with Crippen molar-refractivity contribution in [3.63, 3.8) is 0 Å². The van der Waals surface area contributed by atoms with Crippen molar-refractivity contribution in [3.8, 4) is 0 Å². The summed E-state index contributed by atoms with van der Waals surface area (Å²) >= 11 is 0. The molecule has 2 heterocycles. The van der Waals surface area contributed by atoms with Gasteiger partial charge in [-0.1, -0.05) is 6.92 Å². The van der Waals surface area contributed by atoms with E-state index < -0.39 is 0 Å². The van der Waals surface area contributed by atoms with E-state index in [1.807, 2.05) is 0 Å². The molecule has 6 nitrogen and oxygen atoms in total. The van der Waals surface area contributed by atoms with Crippen LogP contribution >= 0.6 is 0 Å². The fourth-order valence-corrected chi connectivity index (χ4v) is 2.55. The number of benzene rings is 1. The molecule has 22 heavy (non-hydrogen) atoms. The molecule has 6 heteroatoms. The van der Waals surface area contributed by atoms with E-state index in [4.69, 9.17) is 0 Å². The SMILES string of the molecule is CCCNc1cnnc(Nc2ccc(N3CCCC3)cc2)n1.